The molecule has 0 saturated carbocycles. The van der Waals surface area contributed by atoms with Crippen LogP contribution in [-0.2, 0) is 5.60 Å². The smallest absolute Gasteiger partial charge is 0.273 e. The highest BCUT2D eigenvalue weighted by atomic mass is 16.4. The fourth-order valence-electron chi connectivity index (χ4n) is 1.67. The molecule has 0 fully saturated rings. The molecule has 0 spiro atoms. The van der Waals surface area contributed by atoms with Gasteiger partial charge in [0.25, 0.3) is 5.91 Å². The molecule has 102 valence electrons. The number of furan rings is 1. The summed E-state index contributed by atoms with van der Waals surface area (Å²) in [5.41, 5.74) is -1.06. The zero-order chi connectivity index (χ0) is 14.0. The second kappa shape index (κ2) is 4.89. The molecule has 0 aromatic carbocycles. The third-order valence-corrected chi connectivity index (χ3v) is 2.82. The molecular formula is C13H16N2O4. The monoisotopic (exact) mass is 264 g/mol. The number of oxazole rings is 1. The summed E-state index contributed by atoms with van der Waals surface area (Å²) in [6.45, 7) is 5.03. The van der Waals surface area contributed by atoms with Crippen LogP contribution in [0.25, 0.3) is 0 Å². The Bertz CT molecular complexity index is 583. The highest BCUT2D eigenvalue weighted by Gasteiger charge is 2.28. The number of amides is 1. The number of hydrogen-bond acceptors (Lipinski definition) is 5. The molecule has 2 rings (SSSR count). The van der Waals surface area contributed by atoms with E-state index in [-0.39, 0.29) is 12.2 Å². The van der Waals surface area contributed by atoms with Crippen LogP contribution in [0.3, 0.4) is 0 Å². The Balaban J connectivity index is 2.02. The summed E-state index contributed by atoms with van der Waals surface area (Å²) in [6.07, 6.45) is 1.21. The molecule has 2 N–H and O–H groups in total. The van der Waals surface area contributed by atoms with Crippen LogP contribution in [0.1, 0.15) is 34.7 Å². The number of carbonyl (C=O) groups is 1. The molecular weight excluding hydrogens is 248 g/mol. The summed E-state index contributed by atoms with van der Waals surface area (Å²) in [5, 5.41) is 12.9. The van der Waals surface area contributed by atoms with Gasteiger partial charge in [-0.25, -0.2) is 4.98 Å². The standard InChI is InChI=1S/C13H16N2O4/c1-8-4-5-10(19-8)13(3,17)6-14-12(16)11-9(2)18-7-15-11/h4-5,7,17H,6H2,1-3H3,(H,14,16). The Kier molecular flexibility index (Phi) is 3.44. The molecule has 6 heteroatoms. The number of aromatic nitrogens is 1. The molecule has 2 aromatic rings. The van der Waals surface area contributed by atoms with E-state index in [0.29, 0.717) is 17.3 Å². The number of aryl methyl sites for hydroxylation is 2. The van der Waals surface area contributed by atoms with Crippen molar-refractivity contribution in [3.8, 4) is 0 Å². The van der Waals surface area contributed by atoms with Crippen molar-refractivity contribution >= 4 is 5.91 Å². The Labute approximate surface area is 110 Å². The van der Waals surface area contributed by atoms with Crippen LogP contribution in [0.15, 0.2) is 27.4 Å². The van der Waals surface area contributed by atoms with Crippen LogP contribution in [0.4, 0.5) is 0 Å². The molecule has 0 aliphatic carbocycles. The average molecular weight is 264 g/mol. The van der Waals surface area contributed by atoms with Gasteiger partial charge in [-0.1, -0.05) is 0 Å². The van der Waals surface area contributed by atoms with Gasteiger partial charge >= 0.3 is 0 Å². The van der Waals surface area contributed by atoms with E-state index in [2.05, 4.69) is 10.3 Å². The SMILES string of the molecule is Cc1ccc(C(C)(O)CNC(=O)c2ncoc2C)o1. The van der Waals surface area contributed by atoms with Crippen LogP contribution in [-0.4, -0.2) is 22.5 Å². The molecule has 19 heavy (non-hydrogen) atoms. The normalized spacial score (nSPS) is 14.1. The van der Waals surface area contributed by atoms with Gasteiger partial charge in [-0.3, -0.25) is 4.79 Å². The third kappa shape index (κ3) is 2.85. The minimum absolute atomic E-state index is 0.0189. The van der Waals surface area contributed by atoms with Gasteiger partial charge in [0.15, 0.2) is 12.1 Å². The highest BCUT2D eigenvalue weighted by Crippen LogP contribution is 2.22. The van der Waals surface area contributed by atoms with Crippen LogP contribution in [0, 0.1) is 13.8 Å². The first-order valence-electron chi connectivity index (χ1n) is 5.88. The minimum atomic E-state index is -1.28. The van der Waals surface area contributed by atoms with Gasteiger partial charge in [0.2, 0.25) is 0 Å². The van der Waals surface area contributed by atoms with Gasteiger partial charge in [0.05, 0.1) is 6.54 Å². The summed E-state index contributed by atoms with van der Waals surface area (Å²) in [6, 6.07) is 3.44. The molecule has 0 aliphatic heterocycles. The number of hydrogen-bond donors (Lipinski definition) is 2. The lowest BCUT2D eigenvalue weighted by Gasteiger charge is -2.20. The zero-order valence-corrected chi connectivity index (χ0v) is 11.1. The molecule has 1 amide bonds. The lowest BCUT2D eigenvalue weighted by atomic mass is 10.0. The van der Waals surface area contributed by atoms with E-state index in [1.54, 1.807) is 32.9 Å². The maximum Gasteiger partial charge on any atom is 0.273 e. The lowest BCUT2D eigenvalue weighted by molar-refractivity contribution is 0.0322. The van der Waals surface area contributed by atoms with Crippen LogP contribution in [0.2, 0.25) is 0 Å². The highest BCUT2D eigenvalue weighted by molar-refractivity contribution is 5.93. The van der Waals surface area contributed by atoms with Crippen molar-refractivity contribution in [1.82, 2.24) is 10.3 Å². The first-order valence-corrected chi connectivity index (χ1v) is 5.88. The molecule has 0 bridgehead atoms. The van der Waals surface area contributed by atoms with Gasteiger partial charge in [-0.2, -0.15) is 0 Å². The first-order chi connectivity index (χ1) is 8.90. The molecule has 0 radical (unpaired) electrons. The number of nitrogens with zero attached hydrogens (tertiary/aromatic N) is 1. The predicted molar refractivity (Wildman–Crippen MR) is 66.6 cm³/mol. The molecule has 0 saturated heterocycles. The number of nitrogens with one attached hydrogen (secondary N) is 1. The minimum Gasteiger partial charge on any atom is -0.463 e. The Hall–Kier alpha value is -2.08. The van der Waals surface area contributed by atoms with E-state index in [4.69, 9.17) is 8.83 Å². The van der Waals surface area contributed by atoms with E-state index in [9.17, 15) is 9.90 Å². The van der Waals surface area contributed by atoms with Gasteiger partial charge in [0, 0.05) is 0 Å². The fourth-order valence-corrected chi connectivity index (χ4v) is 1.67. The molecule has 6 nitrogen and oxygen atoms in total. The lowest BCUT2D eigenvalue weighted by Crippen LogP contribution is -2.38. The maximum atomic E-state index is 11.8. The second-order valence-electron chi connectivity index (χ2n) is 4.62. The van der Waals surface area contributed by atoms with E-state index in [1.807, 2.05) is 0 Å². The molecule has 2 aromatic heterocycles. The summed E-state index contributed by atoms with van der Waals surface area (Å²) in [7, 11) is 0. The Morgan fingerprint density at radius 1 is 1.47 bits per heavy atom. The fraction of sp³-hybridized carbons (Fsp3) is 0.385. The number of rotatable bonds is 4. The molecule has 1 unspecified atom stereocenters. The molecule has 1 atom stereocenters. The van der Waals surface area contributed by atoms with Gasteiger partial charge in [-0.15, -0.1) is 0 Å². The third-order valence-electron chi connectivity index (χ3n) is 2.82. The Morgan fingerprint density at radius 3 is 2.74 bits per heavy atom. The van der Waals surface area contributed by atoms with Gasteiger partial charge in [-0.05, 0) is 32.9 Å². The van der Waals surface area contributed by atoms with Crippen molar-refractivity contribution in [2.45, 2.75) is 26.4 Å². The van der Waals surface area contributed by atoms with Crippen molar-refractivity contribution in [2.75, 3.05) is 6.54 Å². The average Bonchev–Trinajstić information content (AvgIpc) is 2.95. The van der Waals surface area contributed by atoms with E-state index >= 15 is 0 Å². The maximum absolute atomic E-state index is 11.8. The zero-order valence-electron chi connectivity index (χ0n) is 11.1. The summed E-state index contributed by atoms with van der Waals surface area (Å²) >= 11 is 0. The summed E-state index contributed by atoms with van der Waals surface area (Å²) in [5.74, 6) is 1.15. The van der Waals surface area contributed by atoms with Crippen LogP contribution < -0.4 is 5.32 Å². The van der Waals surface area contributed by atoms with Crippen molar-refractivity contribution in [3.63, 3.8) is 0 Å². The van der Waals surface area contributed by atoms with E-state index < -0.39 is 11.5 Å². The quantitative estimate of drug-likeness (QED) is 0.874. The molecule has 2 heterocycles. The van der Waals surface area contributed by atoms with Gasteiger partial charge in [0.1, 0.15) is 22.9 Å². The van der Waals surface area contributed by atoms with Crippen LogP contribution >= 0.6 is 0 Å². The number of carbonyl (C=O) groups excluding carboxylic acids is 1. The second-order valence-corrected chi connectivity index (χ2v) is 4.62. The summed E-state index contributed by atoms with van der Waals surface area (Å²) in [4.78, 5) is 15.6. The van der Waals surface area contributed by atoms with Crippen LogP contribution in [0.5, 0.6) is 0 Å². The summed E-state index contributed by atoms with van der Waals surface area (Å²) < 4.78 is 10.3. The van der Waals surface area contributed by atoms with Gasteiger partial charge < -0.3 is 19.3 Å². The first kappa shape index (κ1) is 13.4. The van der Waals surface area contributed by atoms with E-state index in [0.717, 1.165) is 0 Å². The topological polar surface area (TPSA) is 88.5 Å². The van der Waals surface area contributed by atoms with Crippen molar-refractivity contribution < 1.29 is 18.7 Å². The Morgan fingerprint density at radius 2 is 2.21 bits per heavy atom. The van der Waals surface area contributed by atoms with Crippen molar-refractivity contribution in [1.29, 1.82) is 0 Å². The van der Waals surface area contributed by atoms with Crippen molar-refractivity contribution in [3.05, 3.63) is 41.5 Å². The number of aliphatic hydroxyl groups is 1. The largest absolute Gasteiger partial charge is 0.463 e. The van der Waals surface area contributed by atoms with E-state index in [1.165, 1.54) is 6.39 Å². The molecule has 0 aliphatic rings. The predicted octanol–water partition coefficient (Wildman–Crippen LogP) is 1.52. The van der Waals surface area contributed by atoms with Crippen molar-refractivity contribution in [2.24, 2.45) is 0 Å².